The zero-order valence-corrected chi connectivity index (χ0v) is 11.6. The van der Waals surface area contributed by atoms with E-state index in [1.807, 2.05) is 18.2 Å². The molecule has 0 fully saturated rings. The van der Waals surface area contributed by atoms with E-state index in [0.717, 1.165) is 5.69 Å². The van der Waals surface area contributed by atoms with E-state index < -0.39 is 5.97 Å². The number of rotatable bonds is 3. The summed E-state index contributed by atoms with van der Waals surface area (Å²) in [5, 5.41) is 7.82. The van der Waals surface area contributed by atoms with Gasteiger partial charge in [-0.1, -0.05) is 35.5 Å². The number of nitrogens with two attached hydrogens (primary N) is 1. The Labute approximate surface area is 116 Å². The summed E-state index contributed by atoms with van der Waals surface area (Å²) in [5.74, 6) is -0.412. The first-order valence-corrected chi connectivity index (χ1v) is 6.11. The number of hydrogen-bond donors (Lipinski definition) is 1. The van der Waals surface area contributed by atoms with E-state index in [2.05, 4.69) is 10.3 Å². The van der Waals surface area contributed by atoms with E-state index in [1.165, 1.54) is 0 Å². The Morgan fingerprint density at radius 2 is 1.95 bits per heavy atom. The van der Waals surface area contributed by atoms with Crippen molar-refractivity contribution in [1.29, 1.82) is 0 Å². The summed E-state index contributed by atoms with van der Waals surface area (Å²) in [6.45, 7) is 3.54. The number of aromatic nitrogens is 2. The molecule has 0 amide bonds. The normalized spacial score (nSPS) is 11.4. The second-order valence-electron chi connectivity index (χ2n) is 4.39. The molecule has 1 heterocycles. The zero-order chi connectivity index (χ0) is 14.7. The van der Waals surface area contributed by atoms with Gasteiger partial charge >= 0.3 is 5.97 Å². The Bertz CT molecular complexity index is 659. The molecule has 0 aliphatic heterocycles. The molecule has 2 rings (SSSR count). The van der Waals surface area contributed by atoms with Crippen molar-refractivity contribution in [3.05, 3.63) is 52.8 Å². The highest BCUT2D eigenvalue weighted by molar-refractivity contribution is 5.98. The number of hydrogen-bond acceptors (Lipinski definition) is 4. The van der Waals surface area contributed by atoms with Crippen LogP contribution in [0.15, 0.2) is 35.5 Å². The topological polar surface area (TPSA) is 82.5 Å². The van der Waals surface area contributed by atoms with Crippen LogP contribution < -0.4 is 5.73 Å². The highest BCUT2D eigenvalue weighted by atomic mass is 16.7. The van der Waals surface area contributed by atoms with Gasteiger partial charge in [0.2, 0.25) is 0 Å². The Hall–Kier alpha value is -2.63. The van der Waals surface area contributed by atoms with Gasteiger partial charge in [-0.05, 0) is 13.8 Å². The number of amidine groups is 1. The van der Waals surface area contributed by atoms with Gasteiger partial charge in [0.25, 0.3) is 0 Å². The minimum atomic E-state index is -0.563. The molecule has 104 valence electrons. The fourth-order valence-corrected chi connectivity index (χ4v) is 1.87. The highest BCUT2D eigenvalue weighted by Gasteiger charge is 2.19. The van der Waals surface area contributed by atoms with E-state index in [4.69, 9.17) is 10.6 Å². The van der Waals surface area contributed by atoms with Crippen molar-refractivity contribution in [3.8, 4) is 0 Å². The Morgan fingerprint density at radius 3 is 2.50 bits per heavy atom. The number of benzene rings is 1. The van der Waals surface area contributed by atoms with Crippen molar-refractivity contribution in [2.75, 3.05) is 0 Å². The van der Waals surface area contributed by atoms with Crippen LogP contribution in [0.3, 0.4) is 0 Å². The molecule has 0 aliphatic carbocycles. The molecule has 20 heavy (non-hydrogen) atoms. The number of carbonyl (C=O) groups excluding carboxylic acids is 1. The summed E-state index contributed by atoms with van der Waals surface area (Å²) in [7, 11) is 1.76. The third-order valence-corrected chi connectivity index (χ3v) is 3.01. The molecule has 6 nitrogen and oxygen atoms in total. The fourth-order valence-electron chi connectivity index (χ4n) is 1.87. The van der Waals surface area contributed by atoms with Gasteiger partial charge in [-0.25, -0.2) is 4.79 Å². The summed E-state index contributed by atoms with van der Waals surface area (Å²) < 4.78 is 1.62. The van der Waals surface area contributed by atoms with E-state index >= 15 is 0 Å². The fraction of sp³-hybridized carbons (Fsp3) is 0.214. The monoisotopic (exact) mass is 272 g/mol. The predicted octanol–water partition coefficient (Wildman–Crippen LogP) is 1.51. The molecule has 0 radical (unpaired) electrons. The molecule has 0 atom stereocenters. The van der Waals surface area contributed by atoms with E-state index in [9.17, 15) is 4.79 Å². The molecule has 0 saturated heterocycles. The standard InChI is InChI=1S/C14H16N4O2/c1-9-12(10(2)18(3)16-9)14(19)20-17-13(15)11-7-5-4-6-8-11/h4-8H,1-3H3,(H2,15,17). The lowest BCUT2D eigenvalue weighted by molar-refractivity contribution is 0.0514. The predicted molar refractivity (Wildman–Crippen MR) is 75.3 cm³/mol. The lowest BCUT2D eigenvalue weighted by atomic mass is 10.2. The molecule has 1 aromatic carbocycles. The van der Waals surface area contributed by atoms with Crippen molar-refractivity contribution in [2.24, 2.45) is 17.9 Å². The van der Waals surface area contributed by atoms with Crippen LogP contribution in [0.1, 0.15) is 27.3 Å². The lowest BCUT2D eigenvalue weighted by Gasteiger charge is -2.01. The molecule has 1 aromatic heterocycles. The average Bonchev–Trinajstić information content (AvgIpc) is 2.70. The molecule has 6 heteroatoms. The first-order valence-electron chi connectivity index (χ1n) is 6.11. The largest absolute Gasteiger partial charge is 0.380 e. The van der Waals surface area contributed by atoms with Gasteiger partial charge in [0.05, 0.1) is 5.69 Å². The molecular formula is C14H16N4O2. The summed E-state index contributed by atoms with van der Waals surface area (Å²) in [4.78, 5) is 16.9. The molecule has 2 N–H and O–H groups in total. The van der Waals surface area contributed by atoms with Crippen molar-refractivity contribution >= 4 is 11.8 Å². The van der Waals surface area contributed by atoms with Crippen LogP contribution in [0.5, 0.6) is 0 Å². The zero-order valence-electron chi connectivity index (χ0n) is 11.6. The van der Waals surface area contributed by atoms with Crippen LogP contribution in [0.25, 0.3) is 0 Å². The molecule has 0 unspecified atom stereocenters. The van der Waals surface area contributed by atoms with E-state index in [-0.39, 0.29) is 5.84 Å². The Morgan fingerprint density at radius 1 is 1.30 bits per heavy atom. The van der Waals surface area contributed by atoms with Crippen LogP contribution >= 0.6 is 0 Å². The van der Waals surface area contributed by atoms with Gasteiger partial charge in [-0.3, -0.25) is 4.68 Å². The van der Waals surface area contributed by atoms with E-state index in [0.29, 0.717) is 16.8 Å². The van der Waals surface area contributed by atoms with Gasteiger partial charge in [-0.15, -0.1) is 0 Å². The van der Waals surface area contributed by atoms with Gasteiger partial charge in [0.15, 0.2) is 5.84 Å². The highest BCUT2D eigenvalue weighted by Crippen LogP contribution is 2.13. The summed E-state index contributed by atoms with van der Waals surface area (Å²) >= 11 is 0. The van der Waals surface area contributed by atoms with Crippen molar-refractivity contribution in [3.63, 3.8) is 0 Å². The van der Waals surface area contributed by atoms with Gasteiger partial charge in [-0.2, -0.15) is 5.10 Å². The minimum Gasteiger partial charge on any atom is -0.380 e. The molecule has 0 aliphatic rings. The maximum absolute atomic E-state index is 12.0. The average molecular weight is 272 g/mol. The first-order chi connectivity index (χ1) is 9.50. The van der Waals surface area contributed by atoms with Crippen LogP contribution in [-0.4, -0.2) is 21.6 Å². The summed E-state index contributed by atoms with van der Waals surface area (Å²) in [6.07, 6.45) is 0. The maximum Gasteiger partial charge on any atom is 0.369 e. The summed E-state index contributed by atoms with van der Waals surface area (Å²) in [5.41, 5.74) is 8.19. The second kappa shape index (κ2) is 5.56. The Balaban J connectivity index is 2.17. The number of aryl methyl sites for hydroxylation is 2. The number of carbonyl (C=O) groups is 1. The molecule has 0 spiro atoms. The molecule has 0 saturated carbocycles. The molecular weight excluding hydrogens is 256 g/mol. The number of nitrogens with zero attached hydrogens (tertiary/aromatic N) is 3. The lowest BCUT2D eigenvalue weighted by Crippen LogP contribution is -2.15. The van der Waals surface area contributed by atoms with Gasteiger partial charge in [0, 0.05) is 18.3 Å². The smallest absolute Gasteiger partial charge is 0.369 e. The quantitative estimate of drug-likeness (QED) is 0.397. The third kappa shape index (κ3) is 2.69. The summed E-state index contributed by atoms with van der Waals surface area (Å²) in [6, 6.07) is 9.09. The van der Waals surface area contributed by atoms with Crippen LogP contribution in [0.4, 0.5) is 0 Å². The second-order valence-corrected chi connectivity index (χ2v) is 4.39. The van der Waals surface area contributed by atoms with Crippen molar-refractivity contribution in [1.82, 2.24) is 9.78 Å². The molecule has 2 aromatic rings. The van der Waals surface area contributed by atoms with Crippen LogP contribution in [0.2, 0.25) is 0 Å². The van der Waals surface area contributed by atoms with Crippen LogP contribution in [0, 0.1) is 13.8 Å². The third-order valence-electron chi connectivity index (χ3n) is 3.01. The maximum atomic E-state index is 12.0. The van der Waals surface area contributed by atoms with Crippen LogP contribution in [-0.2, 0) is 11.9 Å². The van der Waals surface area contributed by atoms with Crippen molar-refractivity contribution < 1.29 is 9.63 Å². The first kappa shape index (κ1) is 13.8. The number of oxime groups is 1. The van der Waals surface area contributed by atoms with Gasteiger partial charge < -0.3 is 10.6 Å². The minimum absolute atomic E-state index is 0.151. The SMILES string of the molecule is Cc1nn(C)c(C)c1C(=O)O/N=C(\N)c1ccccc1. The van der Waals surface area contributed by atoms with Crippen molar-refractivity contribution in [2.45, 2.75) is 13.8 Å². The Kier molecular flexibility index (Phi) is 3.84. The van der Waals surface area contributed by atoms with Gasteiger partial charge in [0.1, 0.15) is 5.56 Å². The molecule has 0 bridgehead atoms. The van der Waals surface area contributed by atoms with E-state index in [1.54, 1.807) is 37.7 Å².